The Morgan fingerprint density at radius 1 is 1.82 bits per heavy atom. The summed E-state index contributed by atoms with van der Waals surface area (Å²) in [6.07, 6.45) is 4.63. The molecule has 3 N–H and O–H groups in total. The van der Waals surface area contributed by atoms with Crippen molar-refractivity contribution in [2.45, 2.75) is 5.16 Å². The van der Waals surface area contributed by atoms with Crippen molar-refractivity contribution in [2.24, 2.45) is 5.73 Å². The Kier molecular flexibility index (Phi) is 2.74. The molecule has 0 spiro atoms. The molecule has 0 atom stereocenters. The normalized spacial score (nSPS) is 10.5. The highest BCUT2D eigenvalue weighted by molar-refractivity contribution is 8.02. The minimum absolute atomic E-state index is 0.455. The molecule has 0 fully saturated rings. The summed E-state index contributed by atoms with van der Waals surface area (Å²) in [5.74, 6) is -0.455. The molecule has 1 aromatic heterocycles. The number of rotatable bonds is 3. The van der Waals surface area contributed by atoms with Gasteiger partial charge in [-0.2, -0.15) is 0 Å². The summed E-state index contributed by atoms with van der Waals surface area (Å²) in [6.45, 7) is 0. The first kappa shape index (κ1) is 7.87. The molecule has 0 aliphatic rings. The molecule has 58 valence electrons. The number of aromatic amines is 1. The number of imidazole rings is 1. The van der Waals surface area contributed by atoms with Crippen LogP contribution < -0.4 is 5.73 Å². The smallest absolute Gasteiger partial charge is 0.241 e. The lowest BCUT2D eigenvalue weighted by Gasteiger charge is -1.84. The van der Waals surface area contributed by atoms with Crippen LogP contribution in [0.5, 0.6) is 0 Å². The fraction of sp³-hybridized carbons (Fsp3) is 0. The molecular weight excluding hydrogens is 162 g/mol. The van der Waals surface area contributed by atoms with Gasteiger partial charge in [0.15, 0.2) is 5.16 Å². The van der Waals surface area contributed by atoms with E-state index >= 15 is 0 Å². The van der Waals surface area contributed by atoms with E-state index in [1.165, 1.54) is 17.8 Å². The molecule has 0 aliphatic carbocycles. The van der Waals surface area contributed by atoms with Crippen molar-refractivity contribution in [1.29, 1.82) is 0 Å². The molecule has 1 heterocycles. The van der Waals surface area contributed by atoms with Crippen molar-refractivity contribution in [2.75, 3.05) is 0 Å². The van der Waals surface area contributed by atoms with Crippen LogP contribution in [0.3, 0.4) is 0 Å². The first-order valence-corrected chi connectivity index (χ1v) is 3.79. The van der Waals surface area contributed by atoms with Crippen LogP contribution in [0.1, 0.15) is 0 Å². The standard InChI is InChI=1S/C6H7N3OS/c7-5(10)1-4-11-6-8-2-3-9-6/h1-4H,(H2,7,10)(H,8,9)/b4-1+. The zero-order valence-electron chi connectivity index (χ0n) is 5.65. The van der Waals surface area contributed by atoms with Gasteiger partial charge in [0.1, 0.15) is 0 Å². The van der Waals surface area contributed by atoms with Gasteiger partial charge in [-0.05, 0) is 5.41 Å². The first-order valence-electron chi connectivity index (χ1n) is 2.91. The summed E-state index contributed by atoms with van der Waals surface area (Å²) >= 11 is 1.31. The van der Waals surface area contributed by atoms with Gasteiger partial charge >= 0.3 is 0 Å². The van der Waals surface area contributed by atoms with E-state index in [4.69, 9.17) is 5.73 Å². The van der Waals surface area contributed by atoms with Gasteiger partial charge in [0, 0.05) is 18.5 Å². The Morgan fingerprint density at radius 2 is 2.64 bits per heavy atom. The molecule has 0 radical (unpaired) electrons. The van der Waals surface area contributed by atoms with Crippen molar-refractivity contribution < 1.29 is 4.79 Å². The van der Waals surface area contributed by atoms with E-state index in [1.807, 2.05) is 0 Å². The second-order valence-corrected chi connectivity index (χ2v) is 2.61. The molecule has 0 saturated heterocycles. The van der Waals surface area contributed by atoms with Crippen molar-refractivity contribution in [3.05, 3.63) is 23.9 Å². The predicted molar refractivity (Wildman–Crippen MR) is 42.8 cm³/mol. The number of hydrogen-bond donors (Lipinski definition) is 2. The number of primary amides is 1. The molecular formula is C6H7N3OS. The molecule has 1 aromatic rings. The van der Waals surface area contributed by atoms with Crippen LogP contribution in [0.15, 0.2) is 29.0 Å². The average molecular weight is 169 g/mol. The summed E-state index contributed by atoms with van der Waals surface area (Å²) < 4.78 is 0. The summed E-state index contributed by atoms with van der Waals surface area (Å²) in [6, 6.07) is 0. The molecule has 4 nitrogen and oxygen atoms in total. The molecule has 1 amide bonds. The molecule has 0 bridgehead atoms. The van der Waals surface area contributed by atoms with Crippen LogP contribution in [0.4, 0.5) is 0 Å². The molecule has 0 aliphatic heterocycles. The number of H-pyrrole nitrogens is 1. The lowest BCUT2D eigenvalue weighted by Crippen LogP contribution is -2.04. The number of nitrogens with two attached hydrogens (primary N) is 1. The Bertz CT molecular complexity index is 255. The molecule has 0 aromatic carbocycles. The molecule has 11 heavy (non-hydrogen) atoms. The minimum Gasteiger partial charge on any atom is -0.366 e. The maximum atomic E-state index is 10.2. The van der Waals surface area contributed by atoms with Crippen molar-refractivity contribution in [3.63, 3.8) is 0 Å². The first-order chi connectivity index (χ1) is 5.29. The fourth-order valence-electron chi connectivity index (χ4n) is 0.481. The topological polar surface area (TPSA) is 71.8 Å². The van der Waals surface area contributed by atoms with Gasteiger partial charge in [-0.3, -0.25) is 4.79 Å². The largest absolute Gasteiger partial charge is 0.366 e. The summed E-state index contributed by atoms with van der Waals surface area (Å²) in [5.41, 5.74) is 4.86. The number of carbonyl (C=O) groups excluding carboxylic acids is 1. The van der Waals surface area contributed by atoms with Crippen LogP contribution in [0.2, 0.25) is 0 Å². The molecule has 1 rings (SSSR count). The molecule has 5 heteroatoms. The number of hydrogen-bond acceptors (Lipinski definition) is 3. The van der Waals surface area contributed by atoms with Crippen LogP contribution in [0.25, 0.3) is 0 Å². The highest BCUT2D eigenvalue weighted by Crippen LogP contribution is 2.11. The minimum atomic E-state index is -0.455. The SMILES string of the molecule is NC(=O)/C=C/Sc1ncc[nH]1. The van der Waals surface area contributed by atoms with Gasteiger partial charge in [-0.1, -0.05) is 11.8 Å². The molecule has 0 unspecified atom stereocenters. The average Bonchev–Trinajstić information content (AvgIpc) is 2.39. The zero-order chi connectivity index (χ0) is 8.10. The second kappa shape index (κ2) is 3.82. The van der Waals surface area contributed by atoms with Crippen molar-refractivity contribution in [3.8, 4) is 0 Å². The second-order valence-electron chi connectivity index (χ2n) is 1.72. The van der Waals surface area contributed by atoms with Gasteiger partial charge in [0.05, 0.1) is 0 Å². The van der Waals surface area contributed by atoms with Gasteiger partial charge < -0.3 is 10.7 Å². The maximum Gasteiger partial charge on any atom is 0.241 e. The summed E-state index contributed by atoms with van der Waals surface area (Å²) in [7, 11) is 0. The number of nitrogens with one attached hydrogen (secondary N) is 1. The number of nitrogens with zero attached hydrogens (tertiary/aromatic N) is 1. The number of thioether (sulfide) groups is 1. The van der Waals surface area contributed by atoms with Crippen LogP contribution in [-0.4, -0.2) is 15.9 Å². The van der Waals surface area contributed by atoms with Crippen molar-refractivity contribution in [1.82, 2.24) is 9.97 Å². The monoisotopic (exact) mass is 169 g/mol. The van der Waals surface area contributed by atoms with Gasteiger partial charge in [0.25, 0.3) is 0 Å². The Balaban J connectivity index is 2.40. The Labute approximate surface area is 67.9 Å². The Morgan fingerprint density at radius 3 is 3.18 bits per heavy atom. The highest BCUT2D eigenvalue weighted by Gasteiger charge is 1.89. The molecule has 0 saturated carbocycles. The van der Waals surface area contributed by atoms with Crippen LogP contribution in [-0.2, 0) is 4.79 Å². The third-order valence-corrected chi connectivity index (χ3v) is 1.60. The number of amides is 1. The predicted octanol–water partition coefficient (Wildman–Crippen LogP) is 0.501. The van der Waals surface area contributed by atoms with E-state index in [9.17, 15) is 4.79 Å². The Hall–Kier alpha value is -1.23. The zero-order valence-corrected chi connectivity index (χ0v) is 6.47. The maximum absolute atomic E-state index is 10.2. The van der Waals surface area contributed by atoms with E-state index in [2.05, 4.69) is 9.97 Å². The summed E-state index contributed by atoms with van der Waals surface area (Å²) in [4.78, 5) is 17.0. The lowest BCUT2D eigenvalue weighted by atomic mass is 10.6. The number of aromatic nitrogens is 2. The van der Waals surface area contributed by atoms with E-state index in [1.54, 1.807) is 17.8 Å². The van der Waals surface area contributed by atoms with Gasteiger partial charge in [-0.15, -0.1) is 0 Å². The fourth-order valence-corrected chi connectivity index (χ4v) is 1.07. The van der Waals surface area contributed by atoms with Gasteiger partial charge in [0.2, 0.25) is 5.91 Å². The van der Waals surface area contributed by atoms with E-state index in [0.29, 0.717) is 0 Å². The van der Waals surface area contributed by atoms with E-state index in [0.717, 1.165) is 5.16 Å². The number of carbonyl (C=O) groups is 1. The van der Waals surface area contributed by atoms with E-state index < -0.39 is 5.91 Å². The third-order valence-electron chi connectivity index (χ3n) is 0.885. The van der Waals surface area contributed by atoms with Gasteiger partial charge in [-0.25, -0.2) is 4.98 Å². The third kappa shape index (κ3) is 2.90. The summed E-state index contributed by atoms with van der Waals surface area (Å²) in [5, 5.41) is 2.32. The highest BCUT2D eigenvalue weighted by atomic mass is 32.2. The van der Waals surface area contributed by atoms with Crippen LogP contribution in [0, 0.1) is 0 Å². The quantitative estimate of drug-likeness (QED) is 0.511. The van der Waals surface area contributed by atoms with Crippen molar-refractivity contribution >= 4 is 17.7 Å². The lowest BCUT2D eigenvalue weighted by molar-refractivity contribution is -0.113. The van der Waals surface area contributed by atoms with Crippen LogP contribution >= 0.6 is 11.8 Å². The van der Waals surface area contributed by atoms with E-state index in [-0.39, 0.29) is 0 Å².